The number of hydrogen-bond donors (Lipinski definition) is 1. The smallest absolute Gasteiger partial charge is 0.264 e. The Labute approximate surface area is 222 Å². The van der Waals surface area contributed by atoms with Crippen LogP contribution in [0, 0.1) is 0 Å². The average Bonchev–Trinajstić information content (AvgIpc) is 2.88. The third-order valence-corrected chi connectivity index (χ3v) is 8.44. The van der Waals surface area contributed by atoms with E-state index in [9.17, 15) is 13.2 Å². The van der Waals surface area contributed by atoms with Gasteiger partial charge in [0.25, 0.3) is 10.0 Å². The second-order valence-corrected chi connectivity index (χ2v) is 11.6. The third-order valence-electron chi connectivity index (χ3n) is 6.13. The molecule has 1 aliphatic rings. The van der Waals surface area contributed by atoms with Crippen LogP contribution in [0.4, 0.5) is 5.69 Å². The number of amides is 1. The fourth-order valence-corrected chi connectivity index (χ4v) is 6.33. The predicted molar refractivity (Wildman–Crippen MR) is 145 cm³/mol. The zero-order chi connectivity index (χ0) is 25.5. The molecule has 1 saturated heterocycles. The number of piperidine rings is 1. The lowest BCUT2D eigenvalue weighted by molar-refractivity contribution is -0.119. The van der Waals surface area contributed by atoms with Crippen LogP contribution in [0.25, 0.3) is 0 Å². The Morgan fingerprint density at radius 3 is 2.33 bits per heavy atom. The van der Waals surface area contributed by atoms with Gasteiger partial charge in [-0.3, -0.25) is 14.0 Å². The Morgan fingerprint density at radius 1 is 0.889 bits per heavy atom. The van der Waals surface area contributed by atoms with E-state index in [0.717, 1.165) is 29.5 Å². The van der Waals surface area contributed by atoms with Crippen molar-refractivity contribution in [1.29, 1.82) is 0 Å². The zero-order valence-corrected chi connectivity index (χ0v) is 22.2. The number of nitrogens with zero attached hydrogens (tertiary/aromatic N) is 2. The number of rotatable bonds is 9. The molecule has 0 aliphatic carbocycles. The Hall–Kier alpha value is -2.58. The molecule has 190 valence electrons. The van der Waals surface area contributed by atoms with Crippen molar-refractivity contribution < 1.29 is 13.2 Å². The van der Waals surface area contributed by atoms with E-state index in [1.165, 1.54) is 49.1 Å². The van der Waals surface area contributed by atoms with Gasteiger partial charge in [0, 0.05) is 18.1 Å². The van der Waals surface area contributed by atoms with E-state index in [-0.39, 0.29) is 15.6 Å². The minimum absolute atomic E-state index is 0.0641. The van der Waals surface area contributed by atoms with Gasteiger partial charge in [-0.2, -0.15) is 0 Å². The van der Waals surface area contributed by atoms with Crippen LogP contribution in [0.5, 0.6) is 0 Å². The van der Waals surface area contributed by atoms with Crippen LogP contribution in [0.1, 0.15) is 30.4 Å². The summed E-state index contributed by atoms with van der Waals surface area (Å²) in [6.07, 6.45) is 3.76. The van der Waals surface area contributed by atoms with Crippen LogP contribution in [-0.4, -0.2) is 38.9 Å². The first-order valence-electron chi connectivity index (χ1n) is 11.9. The zero-order valence-electron chi connectivity index (χ0n) is 19.9. The predicted octanol–water partition coefficient (Wildman–Crippen LogP) is 5.49. The molecule has 6 nitrogen and oxygen atoms in total. The number of sulfonamides is 1. The normalized spacial score (nSPS) is 14.4. The lowest BCUT2D eigenvalue weighted by Crippen LogP contribution is -2.40. The number of anilines is 1. The molecular weight excluding hydrogens is 517 g/mol. The van der Waals surface area contributed by atoms with Crippen LogP contribution in [-0.2, 0) is 27.9 Å². The first kappa shape index (κ1) is 26.5. The number of carbonyl (C=O) groups is 1. The molecule has 0 radical (unpaired) electrons. The van der Waals surface area contributed by atoms with Crippen molar-refractivity contribution in [2.75, 3.05) is 23.9 Å². The summed E-state index contributed by atoms with van der Waals surface area (Å²) in [6, 6.07) is 20.6. The molecule has 1 N–H and O–H groups in total. The van der Waals surface area contributed by atoms with Crippen LogP contribution < -0.4 is 9.62 Å². The SMILES string of the molecule is O=C(CN(c1ccc(Cl)cc1Cl)S(=O)(=O)c1ccccc1)NCc1cccc(CN2CCCCC2)c1. The molecule has 0 spiro atoms. The topological polar surface area (TPSA) is 69.7 Å². The number of hydrogen-bond acceptors (Lipinski definition) is 4. The van der Waals surface area contributed by atoms with Gasteiger partial charge in [0.15, 0.2) is 0 Å². The fourth-order valence-electron chi connectivity index (χ4n) is 4.30. The van der Waals surface area contributed by atoms with Gasteiger partial charge in [-0.25, -0.2) is 8.42 Å². The highest BCUT2D eigenvalue weighted by Crippen LogP contribution is 2.32. The number of nitrogens with one attached hydrogen (secondary N) is 1. The van der Waals surface area contributed by atoms with E-state index in [1.54, 1.807) is 24.3 Å². The molecule has 0 unspecified atom stereocenters. The quantitative estimate of drug-likeness (QED) is 0.386. The molecule has 0 aromatic heterocycles. The van der Waals surface area contributed by atoms with E-state index >= 15 is 0 Å². The maximum atomic E-state index is 13.5. The van der Waals surface area contributed by atoms with E-state index in [1.807, 2.05) is 12.1 Å². The lowest BCUT2D eigenvalue weighted by atomic mass is 10.1. The Kier molecular flexibility index (Phi) is 8.90. The van der Waals surface area contributed by atoms with Gasteiger partial charge in [-0.1, -0.05) is 72.1 Å². The van der Waals surface area contributed by atoms with Crippen molar-refractivity contribution in [3.8, 4) is 0 Å². The number of carbonyl (C=O) groups excluding carboxylic acids is 1. The highest BCUT2D eigenvalue weighted by Gasteiger charge is 2.28. The highest BCUT2D eigenvalue weighted by molar-refractivity contribution is 7.92. The van der Waals surface area contributed by atoms with Crippen molar-refractivity contribution >= 4 is 44.8 Å². The summed E-state index contributed by atoms with van der Waals surface area (Å²) in [5, 5.41) is 3.37. The lowest BCUT2D eigenvalue weighted by Gasteiger charge is -2.26. The molecule has 0 bridgehead atoms. The van der Waals surface area contributed by atoms with E-state index in [0.29, 0.717) is 11.6 Å². The van der Waals surface area contributed by atoms with Crippen molar-refractivity contribution in [3.05, 3.63) is 94.0 Å². The molecule has 1 amide bonds. The monoisotopic (exact) mass is 545 g/mol. The van der Waals surface area contributed by atoms with Gasteiger partial charge in [-0.15, -0.1) is 0 Å². The van der Waals surface area contributed by atoms with Gasteiger partial charge in [0.2, 0.25) is 5.91 Å². The molecule has 9 heteroatoms. The second-order valence-electron chi connectivity index (χ2n) is 8.85. The first-order valence-corrected chi connectivity index (χ1v) is 14.1. The van der Waals surface area contributed by atoms with Crippen LogP contribution in [0.3, 0.4) is 0 Å². The standard InChI is InChI=1S/C27H29Cl2N3O3S/c28-23-12-13-26(25(29)17-23)32(36(34,35)24-10-3-1-4-11-24)20-27(33)30-18-21-8-7-9-22(16-21)19-31-14-5-2-6-15-31/h1,3-4,7-13,16-17H,2,5-6,14-15,18-20H2,(H,30,33). The van der Waals surface area contributed by atoms with Crippen molar-refractivity contribution in [3.63, 3.8) is 0 Å². The number of halogens is 2. The molecule has 4 rings (SSSR count). The summed E-state index contributed by atoms with van der Waals surface area (Å²) >= 11 is 12.4. The van der Waals surface area contributed by atoms with Gasteiger partial charge in [0.05, 0.1) is 15.6 Å². The Bertz CT molecular complexity index is 1300. The van der Waals surface area contributed by atoms with E-state index in [4.69, 9.17) is 23.2 Å². The van der Waals surface area contributed by atoms with Gasteiger partial charge < -0.3 is 5.32 Å². The fraction of sp³-hybridized carbons (Fsp3) is 0.296. The van der Waals surface area contributed by atoms with Crippen molar-refractivity contribution in [2.45, 2.75) is 37.2 Å². The first-order chi connectivity index (χ1) is 17.3. The maximum Gasteiger partial charge on any atom is 0.264 e. The van der Waals surface area contributed by atoms with E-state index < -0.39 is 22.5 Å². The summed E-state index contributed by atoms with van der Waals surface area (Å²) in [7, 11) is -4.05. The summed E-state index contributed by atoms with van der Waals surface area (Å²) in [4.78, 5) is 15.5. The molecule has 3 aromatic carbocycles. The molecule has 1 fully saturated rings. The summed E-state index contributed by atoms with van der Waals surface area (Å²) in [6.45, 7) is 2.98. The van der Waals surface area contributed by atoms with Gasteiger partial charge >= 0.3 is 0 Å². The summed E-state index contributed by atoms with van der Waals surface area (Å²) in [5.41, 5.74) is 2.34. The molecule has 3 aromatic rings. The Balaban J connectivity index is 1.48. The Morgan fingerprint density at radius 2 is 1.61 bits per heavy atom. The molecule has 0 atom stereocenters. The second kappa shape index (κ2) is 12.1. The summed E-state index contributed by atoms with van der Waals surface area (Å²) < 4.78 is 27.9. The molecule has 1 aliphatic heterocycles. The minimum atomic E-state index is -4.05. The minimum Gasteiger partial charge on any atom is -0.350 e. The number of benzene rings is 3. The van der Waals surface area contributed by atoms with Crippen LogP contribution >= 0.6 is 23.2 Å². The van der Waals surface area contributed by atoms with Gasteiger partial charge in [0.1, 0.15) is 6.54 Å². The van der Waals surface area contributed by atoms with Crippen molar-refractivity contribution in [1.82, 2.24) is 10.2 Å². The maximum absolute atomic E-state index is 13.5. The molecule has 36 heavy (non-hydrogen) atoms. The third kappa shape index (κ3) is 6.79. The van der Waals surface area contributed by atoms with Crippen LogP contribution in [0.2, 0.25) is 10.0 Å². The molecule has 0 saturated carbocycles. The largest absolute Gasteiger partial charge is 0.350 e. The van der Waals surface area contributed by atoms with E-state index in [2.05, 4.69) is 22.3 Å². The molecule has 1 heterocycles. The number of likely N-dealkylation sites (tertiary alicyclic amines) is 1. The summed E-state index contributed by atoms with van der Waals surface area (Å²) in [5.74, 6) is -0.443. The highest BCUT2D eigenvalue weighted by atomic mass is 35.5. The molecular formula is C27H29Cl2N3O3S. The average molecular weight is 547 g/mol. The van der Waals surface area contributed by atoms with Crippen LogP contribution in [0.15, 0.2) is 77.7 Å². The van der Waals surface area contributed by atoms with Crippen molar-refractivity contribution in [2.24, 2.45) is 0 Å². The van der Waals surface area contributed by atoms with Gasteiger partial charge in [-0.05, 0) is 67.4 Å².